The van der Waals surface area contributed by atoms with Crippen LogP contribution in [-0.4, -0.2) is 90.1 Å². The van der Waals surface area contributed by atoms with Crippen LogP contribution in [0.4, 0.5) is 0 Å². The van der Waals surface area contributed by atoms with Crippen molar-refractivity contribution < 1.29 is 19.7 Å². The van der Waals surface area contributed by atoms with Gasteiger partial charge in [0.05, 0.1) is 7.11 Å². The summed E-state index contributed by atoms with van der Waals surface area (Å²) in [6.07, 6.45) is 1.24. The predicted molar refractivity (Wildman–Crippen MR) is 63.6 cm³/mol. The number of esters is 1. The van der Waals surface area contributed by atoms with Gasteiger partial charge in [0.15, 0.2) is 0 Å². The van der Waals surface area contributed by atoms with Crippen LogP contribution in [0, 0.1) is 0 Å². The van der Waals surface area contributed by atoms with Crippen molar-refractivity contribution in [3.05, 3.63) is 0 Å². The Morgan fingerprint density at radius 1 is 1.25 bits per heavy atom. The first kappa shape index (κ1) is 18.7. The Morgan fingerprint density at radius 2 is 1.69 bits per heavy atom. The molecule has 5 nitrogen and oxygen atoms in total. The quantitative estimate of drug-likeness (QED) is 0.421. The molecule has 0 fully saturated rings. The number of hydrogen-bond donors (Lipinski definition) is 2. The van der Waals surface area contributed by atoms with Gasteiger partial charge in [0.2, 0.25) is 0 Å². The van der Waals surface area contributed by atoms with Crippen LogP contribution in [0.1, 0.15) is 19.8 Å². The van der Waals surface area contributed by atoms with E-state index in [1.165, 1.54) is 7.11 Å². The summed E-state index contributed by atoms with van der Waals surface area (Å²) in [6.45, 7) is 3.23. The summed E-state index contributed by atoms with van der Waals surface area (Å²) in [4.78, 5) is 13.2. The fourth-order valence-electron chi connectivity index (χ4n) is 1.37. The summed E-state index contributed by atoms with van der Waals surface area (Å²) in [7, 11) is 1.36. The van der Waals surface area contributed by atoms with Gasteiger partial charge in [-0.15, -0.1) is 0 Å². The molecule has 0 aromatic heterocycles. The van der Waals surface area contributed by atoms with E-state index in [0.717, 1.165) is 0 Å². The number of nitrogens with zero attached hydrogens (tertiary/aromatic N) is 1. The third-order valence-corrected chi connectivity index (χ3v) is 2.30. The molecule has 2 N–H and O–H groups in total. The van der Waals surface area contributed by atoms with E-state index in [1.807, 2.05) is 4.90 Å². The van der Waals surface area contributed by atoms with E-state index in [1.54, 1.807) is 6.92 Å². The van der Waals surface area contributed by atoms with Gasteiger partial charge in [-0.3, -0.25) is 9.69 Å². The Balaban J connectivity index is 0. The molecule has 0 aliphatic rings. The predicted octanol–water partition coefficient (Wildman–Crippen LogP) is -1.03. The molecule has 1 unspecified atom stereocenters. The molecule has 0 aliphatic carbocycles. The van der Waals surface area contributed by atoms with Crippen molar-refractivity contribution in [1.82, 2.24) is 4.90 Å². The standard InChI is InChI=1S/C10H21NO4.Na.H/c1-9(10(14)15-2)11(5-3-7-12)6-4-8-13;;/h9,12-13H,3-8H2,1-2H3;;. The zero-order valence-corrected chi connectivity index (χ0v) is 9.48. The van der Waals surface area contributed by atoms with Gasteiger partial charge in [0, 0.05) is 26.3 Å². The van der Waals surface area contributed by atoms with Gasteiger partial charge in [-0.2, -0.15) is 0 Å². The summed E-state index contributed by atoms with van der Waals surface area (Å²) < 4.78 is 4.65. The molecule has 0 saturated heterocycles. The van der Waals surface area contributed by atoms with Crippen molar-refractivity contribution in [1.29, 1.82) is 0 Å². The van der Waals surface area contributed by atoms with E-state index in [9.17, 15) is 4.79 Å². The molecule has 0 radical (unpaired) electrons. The average Bonchev–Trinajstić information content (AvgIpc) is 2.27. The van der Waals surface area contributed by atoms with Crippen molar-refractivity contribution in [3.63, 3.8) is 0 Å². The van der Waals surface area contributed by atoms with Crippen molar-refractivity contribution in [2.24, 2.45) is 0 Å². The molecule has 16 heavy (non-hydrogen) atoms. The third kappa shape index (κ3) is 7.60. The van der Waals surface area contributed by atoms with Crippen molar-refractivity contribution in [2.45, 2.75) is 25.8 Å². The number of carbonyl (C=O) groups excluding carboxylic acids is 1. The van der Waals surface area contributed by atoms with Crippen molar-refractivity contribution in [2.75, 3.05) is 33.4 Å². The SMILES string of the molecule is COC(=O)C(C)N(CCCO)CCCO.[NaH]. The molecule has 0 aliphatic heterocycles. The van der Waals surface area contributed by atoms with E-state index in [4.69, 9.17) is 10.2 Å². The molecule has 0 bridgehead atoms. The van der Waals surface area contributed by atoms with E-state index < -0.39 is 0 Å². The van der Waals surface area contributed by atoms with E-state index in [0.29, 0.717) is 25.9 Å². The van der Waals surface area contributed by atoms with Crippen molar-refractivity contribution in [3.8, 4) is 0 Å². The fraction of sp³-hybridized carbons (Fsp3) is 0.900. The molecule has 0 spiro atoms. The van der Waals surface area contributed by atoms with Gasteiger partial charge in [0.1, 0.15) is 6.04 Å². The second kappa shape index (κ2) is 11.8. The summed E-state index contributed by atoms with van der Waals surface area (Å²) >= 11 is 0. The van der Waals surface area contributed by atoms with Crippen LogP contribution < -0.4 is 0 Å². The van der Waals surface area contributed by atoms with E-state index in [2.05, 4.69) is 4.74 Å². The molecule has 6 heteroatoms. The van der Waals surface area contributed by atoms with Crippen LogP contribution in [0.2, 0.25) is 0 Å². The van der Waals surface area contributed by atoms with Gasteiger partial charge >= 0.3 is 35.5 Å². The third-order valence-electron chi connectivity index (χ3n) is 2.30. The average molecular weight is 243 g/mol. The minimum absolute atomic E-state index is 0. The number of aliphatic hydroxyl groups excluding tert-OH is 2. The van der Waals surface area contributed by atoms with Crippen LogP contribution in [0.3, 0.4) is 0 Å². The number of aliphatic hydroxyl groups is 2. The normalized spacial score (nSPS) is 12.1. The maximum atomic E-state index is 11.3. The molecule has 1 atom stereocenters. The number of hydrogen-bond acceptors (Lipinski definition) is 5. The number of ether oxygens (including phenoxy) is 1. The first-order chi connectivity index (χ1) is 7.17. The Bertz CT molecular complexity index is 172. The summed E-state index contributed by atoms with van der Waals surface area (Å²) in [5.41, 5.74) is 0. The topological polar surface area (TPSA) is 70.0 Å². The van der Waals surface area contributed by atoms with Crippen LogP contribution in [0.15, 0.2) is 0 Å². The van der Waals surface area contributed by atoms with Gasteiger partial charge in [0.25, 0.3) is 0 Å². The molecule has 0 aromatic carbocycles. The van der Waals surface area contributed by atoms with Crippen LogP contribution in [-0.2, 0) is 9.53 Å². The molecule has 0 amide bonds. The molecule has 0 aromatic rings. The van der Waals surface area contributed by atoms with Gasteiger partial charge in [-0.05, 0) is 19.8 Å². The van der Waals surface area contributed by atoms with E-state index in [-0.39, 0.29) is 54.8 Å². The Morgan fingerprint density at radius 3 is 2.00 bits per heavy atom. The molecular weight excluding hydrogens is 221 g/mol. The van der Waals surface area contributed by atoms with Gasteiger partial charge in [-0.1, -0.05) is 0 Å². The Kier molecular flexibility index (Phi) is 13.8. The minimum atomic E-state index is -0.326. The van der Waals surface area contributed by atoms with Crippen molar-refractivity contribution >= 4 is 35.5 Å². The summed E-state index contributed by atoms with van der Waals surface area (Å²) in [5, 5.41) is 17.5. The Hall–Kier alpha value is 0.350. The summed E-state index contributed by atoms with van der Waals surface area (Å²) in [6, 6.07) is -0.326. The molecule has 0 saturated carbocycles. The Labute approximate surface area is 119 Å². The molecule has 0 heterocycles. The monoisotopic (exact) mass is 243 g/mol. The van der Waals surface area contributed by atoms with Gasteiger partial charge in [-0.25, -0.2) is 0 Å². The van der Waals surface area contributed by atoms with E-state index >= 15 is 0 Å². The maximum absolute atomic E-state index is 11.3. The number of rotatable bonds is 8. The number of methoxy groups -OCH3 is 1. The van der Waals surface area contributed by atoms with Gasteiger partial charge < -0.3 is 14.9 Å². The van der Waals surface area contributed by atoms with Crippen LogP contribution in [0.5, 0.6) is 0 Å². The fourth-order valence-corrected chi connectivity index (χ4v) is 1.37. The first-order valence-corrected chi connectivity index (χ1v) is 5.21. The molecule has 92 valence electrons. The number of carbonyl (C=O) groups is 1. The second-order valence-electron chi connectivity index (χ2n) is 3.39. The zero-order valence-electron chi connectivity index (χ0n) is 9.48. The van der Waals surface area contributed by atoms with Crippen LogP contribution in [0.25, 0.3) is 0 Å². The summed E-state index contributed by atoms with van der Waals surface area (Å²) in [5.74, 6) is -0.286. The zero-order chi connectivity index (χ0) is 11.7. The molecule has 0 rings (SSSR count). The van der Waals surface area contributed by atoms with Crippen LogP contribution >= 0.6 is 0 Å². The first-order valence-electron chi connectivity index (χ1n) is 5.21. The second-order valence-corrected chi connectivity index (χ2v) is 3.39. The molecular formula is C10H22NNaO4.